The number of carbonyl (C=O) groups excluding carboxylic acids is 8. The molecule has 5 aromatic carbocycles. The number of rotatable bonds is 13. The third kappa shape index (κ3) is 15.8. The topological polar surface area (TPSA) is 519 Å². The molecule has 0 aromatic heterocycles. The Morgan fingerprint density at radius 1 is 0.716 bits per heavy atom. The van der Waals surface area contributed by atoms with Gasteiger partial charge in [0, 0.05) is 29.2 Å². The lowest BCUT2D eigenvalue weighted by Crippen LogP contribution is -2.60. The van der Waals surface area contributed by atoms with Crippen LogP contribution in [-0.2, 0) is 57.4 Å². The number of hydrogen-bond acceptors (Lipinski definition) is 25. The number of primary amides is 1. The number of amides is 7. The Kier molecular flexibility index (Phi) is 22.3. The van der Waals surface area contributed by atoms with Gasteiger partial charge in [-0.05, 0) is 117 Å². The standard InChI is InChI=1S/C67H75Cl2N9O24/c1-24(2)13-36(78(5)6)60(90)76-50-52(84)27-8-11-39(33(68)15-27)98-41-17-29-18-42(57(41)102-66-55(87)54(86)53(85)43(23-79)100-66)99-40-12-9-28(16-34(40)69)56(101-45-22-67(4,71)58(88)25(3)97-45)51-64(94)75-49(65(95)96)32-19-30(80)20-38(82)46(32)31-14-26(7-10-37(31)81)47(61(91)77-51)74-62(92)48(29)73-59(89)35(21-44(70)83)72-63(50)93/h7-12,14-20,24-25,35-36,43,45,47-56,66,79-82,84-87H,13,21-23,71H2,1-6H3,(H2,70,83)(H,72,93)(H,73,89)(H,74,92)(H,75,94)(H,76,90)(H,77,91)(H,95,96)/t25-,35-,36+,43+,45-,47+,48+,49+,50+,51-,52+,53+,54-,55+,56+,66-,67-/m0/s1. The molecule has 19 N–H and O–H groups in total. The van der Waals surface area contributed by atoms with Crippen LogP contribution in [0.1, 0.15) is 105 Å². The second kappa shape index (κ2) is 30.2. The highest BCUT2D eigenvalue weighted by Gasteiger charge is 2.49. The summed E-state index contributed by atoms with van der Waals surface area (Å²) in [4.78, 5) is 134. The lowest BCUT2D eigenvalue weighted by molar-refractivity contribution is -0.277. The van der Waals surface area contributed by atoms with Crippen LogP contribution < -0.4 is 57.6 Å². The Balaban J connectivity index is 1.26. The molecular weight excluding hydrogens is 1390 g/mol. The van der Waals surface area contributed by atoms with Gasteiger partial charge in [-0.2, -0.15) is 0 Å². The van der Waals surface area contributed by atoms with Crippen LogP contribution in [0.4, 0.5) is 0 Å². The number of aliphatic hydroxyl groups is 5. The first kappa shape index (κ1) is 75.2. The molecular formula is C67H75Cl2N9O24. The molecule has 2 fully saturated rings. The maximum atomic E-state index is 16.1. The van der Waals surface area contributed by atoms with Gasteiger partial charge in [-0.25, -0.2) is 4.79 Å². The van der Waals surface area contributed by atoms with Crippen molar-refractivity contribution >= 4 is 76.3 Å². The van der Waals surface area contributed by atoms with Gasteiger partial charge in [-0.1, -0.05) is 55.2 Å². The van der Waals surface area contributed by atoms with Gasteiger partial charge in [0.25, 0.3) is 0 Å². The molecule has 12 rings (SSSR count). The number of aliphatic carboxylic acids is 1. The summed E-state index contributed by atoms with van der Waals surface area (Å²) >= 11 is 14.2. The van der Waals surface area contributed by atoms with Crippen LogP contribution >= 0.6 is 23.2 Å². The molecule has 7 aliphatic heterocycles. The van der Waals surface area contributed by atoms with Crippen LogP contribution in [0.3, 0.4) is 0 Å². The van der Waals surface area contributed by atoms with Crippen molar-refractivity contribution in [3.63, 3.8) is 0 Å². The number of nitrogens with one attached hydrogen (secondary N) is 6. The zero-order chi connectivity index (χ0) is 74.4. The first-order valence-corrected chi connectivity index (χ1v) is 32.6. The van der Waals surface area contributed by atoms with E-state index in [-0.39, 0.29) is 39.8 Å². The smallest absolute Gasteiger partial charge is 0.330 e. The monoisotopic (exact) mass is 1460 g/mol. The van der Waals surface area contributed by atoms with Crippen molar-refractivity contribution in [2.45, 2.75) is 150 Å². The molecule has 0 spiro atoms. The molecule has 35 heteroatoms. The van der Waals surface area contributed by atoms with E-state index in [4.69, 9.17) is 63.1 Å². The average molecular weight is 1460 g/mol. The predicted octanol–water partition coefficient (Wildman–Crippen LogP) is 0.657. The molecule has 0 aliphatic carbocycles. The molecule has 7 heterocycles. The van der Waals surface area contributed by atoms with Gasteiger partial charge in [0.2, 0.25) is 53.4 Å². The number of phenolic OH excluding ortho intramolecular Hbond substituents is 3. The van der Waals surface area contributed by atoms with Gasteiger partial charge >= 0.3 is 5.97 Å². The SMILES string of the molecule is CC(C)C[C@H](C(=O)N[C@H]1C(=O)N[C@@H](CC(N)=O)C(=O)N[C@H]2C(=O)N[C@H]3C(=O)N[C@H](C(=O)N[C@@H](C(=O)O)c4cc(O)cc(O)c4-c4cc3ccc4O)[C@H](O[C@H]3C[C@](C)(N)C(=O)[C@H](C)O3)c3ccc(c(Cl)c3)Oc3cc2cc(c3O[C@@H]2O[C@H](CO)[C@@H](O)[C@H](O)[C@H]2O)Oc2ccc(cc2Cl)[C@H]1O)N(C)C. The molecule has 11 bridgehead atoms. The van der Waals surface area contributed by atoms with E-state index in [1.165, 1.54) is 32.0 Å². The number of carboxylic acids is 1. The summed E-state index contributed by atoms with van der Waals surface area (Å²) in [6.45, 7) is 5.44. The second-order valence-corrected chi connectivity index (χ2v) is 26.9. The number of aliphatic hydroxyl groups excluding tert-OH is 5. The van der Waals surface area contributed by atoms with E-state index in [2.05, 4.69) is 31.9 Å². The predicted molar refractivity (Wildman–Crippen MR) is 353 cm³/mol. The molecule has 7 aliphatic rings. The highest BCUT2D eigenvalue weighted by atomic mass is 35.5. The zero-order valence-electron chi connectivity index (χ0n) is 55.2. The summed E-state index contributed by atoms with van der Waals surface area (Å²) in [5, 5.41) is 115. The fourth-order valence-corrected chi connectivity index (χ4v) is 13.0. The van der Waals surface area contributed by atoms with Crippen molar-refractivity contribution in [1.29, 1.82) is 0 Å². The van der Waals surface area contributed by atoms with Gasteiger partial charge < -0.3 is 118 Å². The van der Waals surface area contributed by atoms with E-state index in [9.17, 15) is 69.9 Å². The molecule has 546 valence electrons. The van der Waals surface area contributed by atoms with Gasteiger partial charge in [0.1, 0.15) is 102 Å². The minimum atomic E-state index is -2.35. The maximum Gasteiger partial charge on any atom is 0.330 e. The number of fused-ring (bicyclic) bond motifs is 15. The number of aromatic hydroxyl groups is 3. The number of carboxylic acid groups (broad SMARTS) is 1. The quantitative estimate of drug-likeness (QED) is 0.0770. The van der Waals surface area contributed by atoms with E-state index in [0.717, 1.165) is 60.7 Å². The molecule has 33 nitrogen and oxygen atoms in total. The molecule has 7 amide bonds. The third-order valence-corrected chi connectivity index (χ3v) is 18.4. The molecule has 102 heavy (non-hydrogen) atoms. The number of benzene rings is 5. The van der Waals surface area contributed by atoms with Crippen molar-refractivity contribution < 1.29 is 118 Å². The zero-order valence-corrected chi connectivity index (χ0v) is 56.7. The van der Waals surface area contributed by atoms with Crippen LogP contribution in [0.5, 0.6) is 46.0 Å². The minimum Gasteiger partial charge on any atom is -0.508 e. The molecule has 0 radical (unpaired) electrons. The highest BCUT2D eigenvalue weighted by Crippen LogP contribution is 2.50. The summed E-state index contributed by atoms with van der Waals surface area (Å²) < 4.78 is 37.8. The summed E-state index contributed by atoms with van der Waals surface area (Å²) in [6, 6.07) is -0.470. The third-order valence-electron chi connectivity index (χ3n) is 17.8. The van der Waals surface area contributed by atoms with Crippen LogP contribution in [0, 0.1) is 5.92 Å². The Morgan fingerprint density at radius 3 is 1.92 bits per heavy atom. The van der Waals surface area contributed by atoms with Gasteiger partial charge in [-0.3, -0.25) is 43.3 Å². The van der Waals surface area contributed by atoms with E-state index >= 15 is 19.2 Å². The van der Waals surface area contributed by atoms with Crippen molar-refractivity contribution in [1.82, 2.24) is 36.8 Å². The molecule has 0 saturated carbocycles. The van der Waals surface area contributed by atoms with E-state index in [0.29, 0.717) is 0 Å². The van der Waals surface area contributed by atoms with Gasteiger partial charge in [0.05, 0.1) is 34.7 Å². The lowest BCUT2D eigenvalue weighted by atomic mass is 9.88. The Morgan fingerprint density at radius 2 is 1.32 bits per heavy atom. The van der Waals surface area contributed by atoms with Crippen LogP contribution in [0.15, 0.2) is 78.9 Å². The van der Waals surface area contributed by atoms with Crippen molar-refractivity contribution in [3.8, 4) is 57.1 Å². The number of carbonyl (C=O) groups is 9. The fraction of sp³-hybridized carbons (Fsp3) is 0.418. The van der Waals surface area contributed by atoms with Crippen molar-refractivity contribution in [2.75, 3.05) is 20.7 Å². The van der Waals surface area contributed by atoms with Gasteiger partial charge in [0.15, 0.2) is 29.6 Å². The minimum absolute atomic E-state index is 0.0929. The number of Topliss-reactive ketones (excluding diaryl/α,β-unsaturated/α-hetero) is 1. The van der Waals surface area contributed by atoms with Crippen LogP contribution in [-0.4, -0.2) is 197 Å². The second-order valence-electron chi connectivity index (χ2n) is 26.1. The summed E-state index contributed by atoms with van der Waals surface area (Å²) in [5.41, 5.74) is 7.82. The lowest BCUT2D eigenvalue weighted by Gasteiger charge is -2.40. The molecule has 0 unspecified atom stereocenters. The first-order chi connectivity index (χ1) is 48.0. The van der Waals surface area contributed by atoms with Gasteiger partial charge in [-0.15, -0.1) is 0 Å². The van der Waals surface area contributed by atoms with E-state index < -0.39 is 243 Å². The number of nitrogens with zero attached hydrogens (tertiary/aromatic N) is 1. The van der Waals surface area contributed by atoms with Crippen LogP contribution in [0.2, 0.25) is 10.0 Å². The summed E-state index contributed by atoms with van der Waals surface area (Å²) in [6.07, 6.45) is -18.1. The number of hydrogen-bond donors (Lipinski definition) is 17. The number of likely N-dealkylation sites (N-methyl/N-ethyl adjacent to an activating group) is 1. The summed E-state index contributed by atoms with van der Waals surface area (Å²) in [5.74, 6) is -16.6. The average Bonchev–Trinajstić information content (AvgIpc) is 0.764. The molecule has 2 saturated heterocycles. The number of nitrogens with two attached hydrogens (primary N) is 2. The Labute approximate surface area is 590 Å². The van der Waals surface area contributed by atoms with Crippen LogP contribution in [0.25, 0.3) is 11.1 Å². The normalized spacial score (nSPS) is 28.6. The van der Waals surface area contributed by atoms with Crippen molar-refractivity contribution in [3.05, 3.63) is 117 Å². The first-order valence-electron chi connectivity index (χ1n) is 31.8. The maximum absolute atomic E-state index is 16.1. The highest BCUT2D eigenvalue weighted by molar-refractivity contribution is 6.32. The number of halogens is 2. The molecule has 5 aromatic rings. The van der Waals surface area contributed by atoms with Crippen molar-refractivity contribution in [2.24, 2.45) is 17.4 Å². The largest absolute Gasteiger partial charge is 0.508 e. The molecule has 17 atom stereocenters. The number of ketones is 1. The Hall–Kier alpha value is -9.49. The number of phenols is 3. The summed E-state index contributed by atoms with van der Waals surface area (Å²) in [7, 11) is 3.19. The fourth-order valence-electron chi connectivity index (χ4n) is 12.5. The van der Waals surface area contributed by atoms with E-state index in [1.54, 1.807) is 19.0 Å². The number of ether oxygens (including phenoxy) is 6. The Bertz CT molecular complexity index is 4160. The van der Waals surface area contributed by atoms with E-state index in [1.807, 2.05) is 13.8 Å².